The first-order valence-corrected chi connectivity index (χ1v) is 4.97. The Morgan fingerprint density at radius 3 is 2.20 bits per heavy atom. The molecule has 0 aliphatic rings. The standard InChI is InChI=1S/C10H18O5/c1-4-7(14-5-2)8(9(11)12)10(13)15-6-3/h10,13H,4-6H2,1-3H3,(H,11,12). The molecule has 0 amide bonds. The van der Waals surface area contributed by atoms with Crippen LogP contribution in [0.4, 0.5) is 0 Å². The van der Waals surface area contributed by atoms with E-state index in [9.17, 15) is 9.90 Å². The van der Waals surface area contributed by atoms with Gasteiger partial charge in [-0.1, -0.05) is 6.92 Å². The highest BCUT2D eigenvalue weighted by Crippen LogP contribution is 2.15. The molecule has 0 aromatic carbocycles. The van der Waals surface area contributed by atoms with Gasteiger partial charge in [-0.05, 0) is 13.8 Å². The first-order valence-electron chi connectivity index (χ1n) is 4.97. The van der Waals surface area contributed by atoms with Crippen molar-refractivity contribution in [2.75, 3.05) is 13.2 Å². The minimum absolute atomic E-state index is 0.221. The van der Waals surface area contributed by atoms with E-state index >= 15 is 0 Å². The van der Waals surface area contributed by atoms with Crippen molar-refractivity contribution in [3.8, 4) is 0 Å². The Morgan fingerprint density at radius 1 is 1.27 bits per heavy atom. The van der Waals surface area contributed by atoms with Crippen molar-refractivity contribution in [1.82, 2.24) is 0 Å². The van der Waals surface area contributed by atoms with Crippen LogP contribution in [0.15, 0.2) is 11.3 Å². The number of carbonyl (C=O) groups is 1. The first kappa shape index (κ1) is 13.9. The number of rotatable bonds is 7. The van der Waals surface area contributed by atoms with Crippen LogP contribution in [0, 0.1) is 0 Å². The summed E-state index contributed by atoms with van der Waals surface area (Å²) in [5.74, 6) is -0.966. The number of aliphatic hydroxyl groups excluding tert-OH is 1. The van der Waals surface area contributed by atoms with E-state index < -0.39 is 12.3 Å². The lowest BCUT2D eigenvalue weighted by Crippen LogP contribution is -2.23. The fraction of sp³-hybridized carbons (Fsp3) is 0.700. The van der Waals surface area contributed by atoms with E-state index in [0.717, 1.165) is 0 Å². The second-order valence-electron chi connectivity index (χ2n) is 2.74. The van der Waals surface area contributed by atoms with Crippen LogP contribution >= 0.6 is 0 Å². The van der Waals surface area contributed by atoms with Crippen molar-refractivity contribution in [2.45, 2.75) is 33.5 Å². The van der Waals surface area contributed by atoms with E-state index in [0.29, 0.717) is 13.0 Å². The van der Waals surface area contributed by atoms with Crippen molar-refractivity contribution in [3.63, 3.8) is 0 Å². The van der Waals surface area contributed by atoms with Gasteiger partial charge in [-0.3, -0.25) is 0 Å². The maximum Gasteiger partial charge on any atom is 0.340 e. The Kier molecular flexibility index (Phi) is 6.73. The van der Waals surface area contributed by atoms with Crippen LogP contribution in [0.5, 0.6) is 0 Å². The molecule has 0 spiro atoms. The van der Waals surface area contributed by atoms with Crippen LogP contribution in [0.3, 0.4) is 0 Å². The zero-order valence-corrected chi connectivity index (χ0v) is 9.32. The number of aliphatic carboxylic acids is 1. The van der Waals surface area contributed by atoms with E-state index in [-0.39, 0.29) is 17.9 Å². The van der Waals surface area contributed by atoms with Gasteiger partial charge in [0.25, 0.3) is 0 Å². The SMILES string of the molecule is CCOC(CC)=C(C(=O)O)C(O)OCC. The molecular weight excluding hydrogens is 200 g/mol. The molecule has 0 aromatic heterocycles. The summed E-state index contributed by atoms with van der Waals surface area (Å²) in [6.45, 7) is 5.78. The molecule has 0 aromatic rings. The Morgan fingerprint density at radius 2 is 1.87 bits per heavy atom. The molecule has 0 bridgehead atoms. The second-order valence-corrected chi connectivity index (χ2v) is 2.74. The van der Waals surface area contributed by atoms with Gasteiger partial charge in [-0.15, -0.1) is 0 Å². The first-order chi connectivity index (χ1) is 7.08. The molecule has 0 rings (SSSR count). The summed E-state index contributed by atoms with van der Waals surface area (Å²) in [4.78, 5) is 10.9. The average Bonchev–Trinajstić information content (AvgIpc) is 2.16. The van der Waals surface area contributed by atoms with Gasteiger partial charge in [0.1, 0.15) is 11.3 Å². The van der Waals surface area contributed by atoms with Gasteiger partial charge in [0.2, 0.25) is 0 Å². The topological polar surface area (TPSA) is 76.0 Å². The van der Waals surface area contributed by atoms with E-state index in [1.807, 2.05) is 0 Å². The number of hydrogen-bond donors (Lipinski definition) is 2. The summed E-state index contributed by atoms with van der Waals surface area (Å²) in [6.07, 6.45) is -1.03. The smallest absolute Gasteiger partial charge is 0.340 e. The van der Waals surface area contributed by atoms with Gasteiger partial charge in [-0.25, -0.2) is 4.79 Å². The lowest BCUT2D eigenvalue weighted by Gasteiger charge is -2.16. The van der Waals surface area contributed by atoms with E-state index in [1.54, 1.807) is 20.8 Å². The zero-order valence-electron chi connectivity index (χ0n) is 9.32. The number of ether oxygens (including phenoxy) is 2. The maximum absolute atomic E-state index is 10.9. The van der Waals surface area contributed by atoms with Crippen LogP contribution in [-0.4, -0.2) is 35.7 Å². The van der Waals surface area contributed by atoms with E-state index in [4.69, 9.17) is 14.6 Å². The molecular formula is C10H18O5. The van der Waals surface area contributed by atoms with Gasteiger partial charge < -0.3 is 19.7 Å². The van der Waals surface area contributed by atoms with Crippen LogP contribution in [0.2, 0.25) is 0 Å². The normalized spacial score (nSPS) is 14.4. The lowest BCUT2D eigenvalue weighted by atomic mass is 10.2. The molecule has 1 atom stereocenters. The molecule has 88 valence electrons. The van der Waals surface area contributed by atoms with Crippen molar-refractivity contribution in [1.29, 1.82) is 0 Å². The van der Waals surface area contributed by atoms with Crippen LogP contribution in [-0.2, 0) is 14.3 Å². The molecule has 0 saturated heterocycles. The molecule has 2 N–H and O–H groups in total. The molecule has 0 aliphatic heterocycles. The minimum atomic E-state index is -1.44. The Bertz CT molecular complexity index is 234. The van der Waals surface area contributed by atoms with E-state index in [2.05, 4.69) is 0 Å². The average molecular weight is 218 g/mol. The third-order valence-corrected chi connectivity index (χ3v) is 1.74. The van der Waals surface area contributed by atoms with Gasteiger partial charge in [0, 0.05) is 13.0 Å². The predicted molar refractivity (Wildman–Crippen MR) is 54.2 cm³/mol. The number of hydrogen-bond acceptors (Lipinski definition) is 4. The highest BCUT2D eigenvalue weighted by molar-refractivity contribution is 5.88. The minimum Gasteiger partial charge on any atom is -0.497 e. The van der Waals surface area contributed by atoms with Crippen LogP contribution in [0.1, 0.15) is 27.2 Å². The molecule has 5 heteroatoms. The van der Waals surface area contributed by atoms with Gasteiger partial charge in [0.05, 0.1) is 6.61 Å². The summed E-state index contributed by atoms with van der Waals surface area (Å²) in [7, 11) is 0. The second kappa shape index (κ2) is 7.25. The predicted octanol–water partition coefficient (Wildman–Crippen LogP) is 1.13. The molecule has 0 aliphatic carbocycles. The van der Waals surface area contributed by atoms with Gasteiger partial charge in [0.15, 0.2) is 6.29 Å². The number of allylic oxidation sites excluding steroid dienone is 1. The lowest BCUT2D eigenvalue weighted by molar-refractivity contribution is -0.140. The summed E-state index contributed by atoms with van der Waals surface area (Å²) in [5.41, 5.74) is -0.221. The summed E-state index contributed by atoms with van der Waals surface area (Å²) in [6, 6.07) is 0. The van der Waals surface area contributed by atoms with Crippen molar-refractivity contribution in [3.05, 3.63) is 11.3 Å². The quantitative estimate of drug-likeness (QED) is 0.380. The van der Waals surface area contributed by atoms with Crippen molar-refractivity contribution >= 4 is 5.97 Å². The molecule has 0 fully saturated rings. The molecule has 0 radical (unpaired) electrons. The maximum atomic E-state index is 10.9. The third-order valence-electron chi connectivity index (χ3n) is 1.74. The monoisotopic (exact) mass is 218 g/mol. The van der Waals surface area contributed by atoms with Crippen molar-refractivity contribution < 1.29 is 24.5 Å². The molecule has 1 unspecified atom stereocenters. The van der Waals surface area contributed by atoms with Gasteiger partial charge >= 0.3 is 5.97 Å². The largest absolute Gasteiger partial charge is 0.497 e. The van der Waals surface area contributed by atoms with Crippen LogP contribution < -0.4 is 0 Å². The fourth-order valence-electron chi connectivity index (χ4n) is 1.15. The highest BCUT2D eigenvalue weighted by Gasteiger charge is 2.23. The van der Waals surface area contributed by atoms with E-state index in [1.165, 1.54) is 0 Å². The Labute approximate surface area is 89.3 Å². The number of carboxylic acid groups (broad SMARTS) is 1. The third kappa shape index (κ3) is 4.31. The van der Waals surface area contributed by atoms with Gasteiger partial charge in [-0.2, -0.15) is 0 Å². The molecule has 15 heavy (non-hydrogen) atoms. The number of aliphatic hydroxyl groups is 1. The zero-order chi connectivity index (χ0) is 11.8. The molecule has 0 heterocycles. The molecule has 5 nitrogen and oxygen atoms in total. The molecule has 0 saturated carbocycles. The van der Waals surface area contributed by atoms with Crippen LogP contribution in [0.25, 0.3) is 0 Å². The van der Waals surface area contributed by atoms with Crippen molar-refractivity contribution in [2.24, 2.45) is 0 Å². The Hall–Kier alpha value is -1.07. The Balaban J connectivity index is 4.95. The fourth-order valence-corrected chi connectivity index (χ4v) is 1.15. The summed E-state index contributed by atoms with van der Waals surface area (Å²) < 4.78 is 9.97. The summed E-state index contributed by atoms with van der Waals surface area (Å²) in [5, 5.41) is 18.4. The summed E-state index contributed by atoms with van der Waals surface area (Å²) >= 11 is 0. The number of carboxylic acids is 1. The highest BCUT2D eigenvalue weighted by atomic mass is 16.6.